The predicted molar refractivity (Wildman–Crippen MR) is 104 cm³/mol. The van der Waals surface area contributed by atoms with Crippen LogP contribution < -0.4 is 16.7 Å². The Bertz CT molecular complexity index is 1180. The van der Waals surface area contributed by atoms with Gasteiger partial charge in [-0.3, -0.25) is 18.5 Å². The molecule has 2 N–H and O–H groups in total. The highest BCUT2D eigenvalue weighted by molar-refractivity contribution is 6.01. The van der Waals surface area contributed by atoms with Crippen LogP contribution in [0, 0.1) is 0 Å². The summed E-state index contributed by atoms with van der Waals surface area (Å²) in [5.74, 6) is 0.398. The van der Waals surface area contributed by atoms with Crippen molar-refractivity contribution in [1.82, 2.24) is 18.7 Å². The van der Waals surface area contributed by atoms with E-state index in [4.69, 9.17) is 0 Å². The van der Waals surface area contributed by atoms with Gasteiger partial charge in [0.25, 0.3) is 5.56 Å². The number of hydrogen-bond donors (Lipinski definition) is 2. The van der Waals surface area contributed by atoms with Crippen molar-refractivity contribution in [2.24, 2.45) is 19.2 Å². The number of nitrogens with one attached hydrogen (secondary N) is 1. The van der Waals surface area contributed by atoms with Gasteiger partial charge in [0.1, 0.15) is 5.75 Å². The van der Waals surface area contributed by atoms with Crippen molar-refractivity contribution in [3.8, 4) is 5.75 Å². The lowest BCUT2D eigenvalue weighted by molar-refractivity contribution is 0.474. The molecule has 0 radical (unpaired) electrons. The topological polar surface area (TPSA) is 106 Å². The summed E-state index contributed by atoms with van der Waals surface area (Å²) in [6, 6.07) is 6.82. The third kappa shape index (κ3) is 3.03. The minimum Gasteiger partial charge on any atom is -0.507 e. The molecule has 3 aromatic rings. The summed E-state index contributed by atoms with van der Waals surface area (Å²) < 4.78 is 3.94. The van der Waals surface area contributed by atoms with Crippen molar-refractivity contribution in [2.45, 2.75) is 13.5 Å². The van der Waals surface area contributed by atoms with Gasteiger partial charge in [-0.2, -0.15) is 10.1 Å². The zero-order chi connectivity index (χ0) is 19.7. The number of nitrogens with zero attached hydrogens (tertiary/aromatic N) is 5. The lowest BCUT2D eigenvalue weighted by atomic mass is 10.1. The van der Waals surface area contributed by atoms with E-state index in [-0.39, 0.29) is 22.9 Å². The highest BCUT2D eigenvalue weighted by Gasteiger charge is 2.18. The van der Waals surface area contributed by atoms with E-state index in [9.17, 15) is 14.7 Å². The van der Waals surface area contributed by atoms with Gasteiger partial charge in [0.15, 0.2) is 11.2 Å². The molecule has 0 aliphatic rings. The van der Waals surface area contributed by atoms with E-state index in [2.05, 4.69) is 22.1 Å². The molecule has 0 saturated carbocycles. The summed E-state index contributed by atoms with van der Waals surface area (Å²) in [7, 11) is 2.97. The number of imidazole rings is 1. The number of para-hydroxylation sites is 1. The van der Waals surface area contributed by atoms with Crippen LogP contribution in [0.3, 0.4) is 0 Å². The fraction of sp³-hybridized carbons (Fsp3) is 0.222. The number of hydrogen-bond acceptors (Lipinski definition) is 6. The van der Waals surface area contributed by atoms with E-state index in [0.29, 0.717) is 17.8 Å². The monoisotopic (exact) mass is 368 g/mol. The largest absolute Gasteiger partial charge is 0.507 e. The molecule has 140 valence electrons. The van der Waals surface area contributed by atoms with Crippen LogP contribution >= 0.6 is 0 Å². The molecule has 2 aromatic heterocycles. The third-order valence-corrected chi connectivity index (χ3v) is 4.28. The van der Waals surface area contributed by atoms with Crippen LogP contribution in [0.1, 0.15) is 12.5 Å². The fourth-order valence-corrected chi connectivity index (χ4v) is 2.81. The first kappa shape index (κ1) is 18.2. The van der Waals surface area contributed by atoms with Gasteiger partial charge in [0.2, 0.25) is 5.95 Å². The molecular weight excluding hydrogens is 348 g/mol. The Hall–Kier alpha value is -3.62. The number of aromatic nitrogens is 4. The molecule has 1 aromatic carbocycles. The average molecular weight is 368 g/mol. The molecule has 0 unspecified atom stereocenters. The number of aryl methyl sites for hydroxylation is 1. The van der Waals surface area contributed by atoms with Crippen molar-refractivity contribution < 1.29 is 5.11 Å². The van der Waals surface area contributed by atoms with Crippen LogP contribution in [0.4, 0.5) is 5.95 Å². The van der Waals surface area contributed by atoms with Gasteiger partial charge in [0, 0.05) is 26.2 Å². The molecule has 0 atom stereocenters. The molecule has 0 aliphatic carbocycles. The van der Waals surface area contributed by atoms with Crippen LogP contribution in [0.25, 0.3) is 11.2 Å². The quantitative estimate of drug-likeness (QED) is 0.399. The van der Waals surface area contributed by atoms with Gasteiger partial charge in [-0.15, -0.1) is 6.58 Å². The molecule has 27 heavy (non-hydrogen) atoms. The smallest absolute Gasteiger partial charge is 0.332 e. The summed E-state index contributed by atoms with van der Waals surface area (Å²) in [6.07, 6.45) is 1.62. The molecule has 0 saturated heterocycles. The lowest BCUT2D eigenvalue weighted by Gasteiger charge is -2.07. The molecule has 0 spiro atoms. The van der Waals surface area contributed by atoms with Gasteiger partial charge < -0.3 is 5.11 Å². The standard InChI is InChI=1S/C18H20N6O3/c1-5-10-24-14-15(22(3)18(27)23(4)16(14)26)19-17(24)21-20-11(2)12-8-6-7-9-13(12)25/h5-9,25H,1,10H2,2-4H3,(H,19,21). The summed E-state index contributed by atoms with van der Waals surface area (Å²) in [5.41, 5.74) is 3.55. The van der Waals surface area contributed by atoms with Crippen molar-refractivity contribution >= 4 is 22.8 Å². The zero-order valence-corrected chi connectivity index (χ0v) is 15.3. The number of allylic oxidation sites excluding steroid dienone is 1. The second kappa shape index (κ2) is 6.94. The number of phenolic OH excluding ortho intramolecular Hbond substituents is 1. The first-order valence-electron chi connectivity index (χ1n) is 8.22. The molecule has 0 fully saturated rings. The van der Waals surface area contributed by atoms with Gasteiger partial charge in [-0.05, 0) is 19.1 Å². The lowest BCUT2D eigenvalue weighted by Crippen LogP contribution is -2.37. The second-order valence-corrected chi connectivity index (χ2v) is 6.04. The average Bonchev–Trinajstić information content (AvgIpc) is 3.02. The molecule has 9 nitrogen and oxygen atoms in total. The first-order chi connectivity index (χ1) is 12.9. The van der Waals surface area contributed by atoms with Crippen molar-refractivity contribution in [1.29, 1.82) is 0 Å². The van der Waals surface area contributed by atoms with Gasteiger partial charge in [-0.1, -0.05) is 18.2 Å². The van der Waals surface area contributed by atoms with Crippen LogP contribution in [-0.2, 0) is 20.6 Å². The van der Waals surface area contributed by atoms with E-state index in [1.54, 1.807) is 48.9 Å². The van der Waals surface area contributed by atoms with E-state index in [0.717, 1.165) is 4.57 Å². The van der Waals surface area contributed by atoms with Gasteiger partial charge in [-0.25, -0.2) is 10.2 Å². The maximum atomic E-state index is 12.6. The second-order valence-electron chi connectivity index (χ2n) is 6.04. The molecule has 0 amide bonds. The van der Waals surface area contributed by atoms with Crippen molar-refractivity contribution in [3.05, 3.63) is 63.3 Å². The van der Waals surface area contributed by atoms with E-state index in [1.165, 1.54) is 11.6 Å². The third-order valence-electron chi connectivity index (χ3n) is 4.28. The zero-order valence-electron chi connectivity index (χ0n) is 15.3. The van der Waals surface area contributed by atoms with E-state index in [1.807, 2.05) is 0 Å². The van der Waals surface area contributed by atoms with Crippen LogP contribution in [0.15, 0.2) is 51.6 Å². The maximum absolute atomic E-state index is 12.6. The highest BCUT2D eigenvalue weighted by Crippen LogP contribution is 2.18. The number of anilines is 1. The highest BCUT2D eigenvalue weighted by atomic mass is 16.3. The molecule has 3 rings (SSSR count). The number of rotatable bonds is 5. The number of aromatic hydroxyl groups is 1. The predicted octanol–water partition coefficient (Wildman–Crippen LogP) is 1.16. The normalized spacial score (nSPS) is 11.7. The Morgan fingerprint density at radius 1 is 1.30 bits per heavy atom. The Labute approximate surface area is 154 Å². The Kier molecular flexibility index (Phi) is 4.68. The van der Waals surface area contributed by atoms with Crippen LogP contribution in [-0.4, -0.2) is 29.5 Å². The number of hydrazone groups is 1. The molecule has 0 aliphatic heterocycles. The molecule has 2 heterocycles. The van der Waals surface area contributed by atoms with Crippen molar-refractivity contribution in [2.75, 3.05) is 5.43 Å². The van der Waals surface area contributed by atoms with Gasteiger partial charge >= 0.3 is 5.69 Å². The molecule has 9 heteroatoms. The Balaban J connectivity index is 2.15. The van der Waals surface area contributed by atoms with Crippen LogP contribution in [0.2, 0.25) is 0 Å². The molecule has 0 bridgehead atoms. The van der Waals surface area contributed by atoms with Crippen LogP contribution in [0.5, 0.6) is 5.75 Å². The summed E-state index contributed by atoms with van der Waals surface area (Å²) in [5, 5.41) is 14.2. The summed E-state index contributed by atoms with van der Waals surface area (Å²) in [6.45, 7) is 5.74. The molecular formula is C18H20N6O3. The fourth-order valence-electron chi connectivity index (χ4n) is 2.81. The Morgan fingerprint density at radius 3 is 2.67 bits per heavy atom. The summed E-state index contributed by atoms with van der Waals surface area (Å²) >= 11 is 0. The number of phenols is 1. The van der Waals surface area contributed by atoms with E-state index >= 15 is 0 Å². The SMILES string of the molecule is C=CCn1c(NN=C(C)c2ccccc2O)nc2c1c(=O)n(C)c(=O)n2C. The Morgan fingerprint density at radius 2 is 2.00 bits per heavy atom. The van der Waals surface area contributed by atoms with Gasteiger partial charge in [0.05, 0.1) is 5.71 Å². The first-order valence-corrected chi connectivity index (χ1v) is 8.22. The number of benzene rings is 1. The number of fused-ring (bicyclic) bond motifs is 1. The minimum absolute atomic E-state index is 0.108. The van der Waals surface area contributed by atoms with Crippen molar-refractivity contribution in [3.63, 3.8) is 0 Å². The summed E-state index contributed by atoms with van der Waals surface area (Å²) in [4.78, 5) is 29.1. The van der Waals surface area contributed by atoms with E-state index < -0.39 is 11.2 Å². The minimum atomic E-state index is -0.462. The maximum Gasteiger partial charge on any atom is 0.332 e.